The van der Waals surface area contributed by atoms with Gasteiger partial charge >= 0.3 is 11.9 Å². The predicted octanol–water partition coefficient (Wildman–Crippen LogP) is 4.05. The quantitative estimate of drug-likeness (QED) is 0.236. The minimum Gasteiger partial charge on any atom is -0.497 e. The maximum atomic E-state index is 12.1. The van der Waals surface area contributed by atoms with Crippen molar-refractivity contribution in [2.75, 3.05) is 13.7 Å². The van der Waals surface area contributed by atoms with Gasteiger partial charge in [-0.25, -0.2) is 9.59 Å². The van der Waals surface area contributed by atoms with E-state index in [1.807, 2.05) is 0 Å². The third-order valence-electron chi connectivity index (χ3n) is 3.39. The average Bonchev–Trinajstić information content (AvgIpc) is 2.67. The number of esters is 2. The van der Waals surface area contributed by atoms with E-state index in [2.05, 4.69) is 6.58 Å². The summed E-state index contributed by atoms with van der Waals surface area (Å²) in [4.78, 5) is 23.6. The Balaban J connectivity index is 1.90. The Morgan fingerprint density at radius 2 is 1.65 bits per heavy atom. The lowest BCUT2D eigenvalue weighted by molar-refractivity contribution is -0.137. The molecule has 26 heavy (non-hydrogen) atoms. The van der Waals surface area contributed by atoms with Gasteiger partial charge in [-0.1, -0.05) is 18.2 Å². The van der Waals surface area contributed by atoms with Crippen LogP contribution >= 0.6 is 0 Å². The molecule has 0 N–H and O–H groups in total. The first-order valence-corrected chi connectivity index (χ1v) is 8.04. The van der Waals surface area contributed by atoms with Gasteiger partial charge in [0.2, 0.25) is 0 Å². The van der Waals surface area contributed by atoms with Crippen LogP contribution in [0.2, 0.25) is 0 Å². The number of benzene rings is 2. The van der Waals surface area contributed by atoms with E-state index >= 15 is 0 Å². The van der Waals surface area contributed by atoms with Crippen molar-refractivity contribution < 1.29 is 23.8 Å². The third-order valence-corrected chi connectivity index (χ3v) is 3.39. The van der Waals surface area contributed by atoms with Crippen LogP contribution in [0, 0.1) is 0 Å². The Bertz CT molecular complexity index is 773. The Kier molecular flexibility index (Phi) is 7.18. The van der Waals surface area contributed by atoms with E-state index in [9.17, 15) is 9.59 Å². The number of methoxy groups -OCH3 is 1. The maximum Gasteiger partial charge on any atom is 0.343 e. The predicted molar refractivity (Wildman–Crippen MR) is 99.2 cm³/mol. The molecular formula is C21H20O5. The van der Waals surface area contributed by atoms with Gasteiger partial charge in [0, 0.05) is 6.08 Å². The topological polar surface area (TPSA) is 61.8 Å². The van der Waals surface area contributed by atoms with Gasteiger partial charge in [0.25, 0.3) is 0 Å². The first-order valence-electron chi connectivity index (χ1n) is 8.04. The first kappa shape index (κ1) is 19.0. The normalized spacial score (nSPS) is 10.3. The molecule has 0 bridgehead atoms. The van der Waals surface area contributed by atoms with Crippen molar-refractivity contribution in [3.63, 3.8) is 0 Å². The lowest BCUT2D eigenvalue weighted by Gasteiger charge is -2.05. The minimum atomic E-state index is -0.457. The number of hydrogen-bond acceptors (Lipinski definition) is 5. The Morgan fingerprint density at radius 1 is 1.00 bits per heavy atom. The smallest absolute Gasteiger partial charge is 0.343 e. The summed E-state index contributed by atoms with van der Waals surface area (Å²) in [6.45, 7) is 3.87. The van der Waals surface area contributed by atoms with Crippen molar-refractivity contribution in [2.45, 2.75) is 6.42 Å². The zero-order valence-electron chi connectivity index (χ0n) is 14.5. The van der Waals surface area contributed by atoms with Crippen molar-refractivity contribution >= 4 is 18.0 Å². The largest absolute Gasteiger partial charge is 0.497 e. The van der Waals surface area contributed by atoms with Crippen LogP contribution in [0.25, 0.3) is 6.08 Å². The second kappa shape index (κ2) is 9.84. The fourth-order valence-electron chi connectivity index (χ4n) is 2.00. The molecule has 0 spiro atoms. The van der Waals surface area contributed by atoms with Gasteiger partial charge in [-0.05, 0) is 54.5 Å². The van der Waals surface area contributed by atoms with E-state index in [4.69, 9.17) is 14.2 Å². The highest BCUT2D eigenvalue weighted by molar-refractivity contribution is 5.91. The van der Waals surface area contributed by atoms with Gasteiger partial charge in [-0.15, -0.1) is 6.58 Å². The van der Waals surface area contributed by atoms with Crippen LogP contribution in [0.4, 0.5) is 0 Å². The molecule has 5 nitrogen and oxygen atoms in total. The van der Waals surface area contributed by atoms with Crippen molar-refractivity contribution in [3.8, 4) is 11.5 Å². The highest BCUT2D eigenvalue weighted by Crippen LogP contribution is 2.17. The molecule has 0 aliphatic rings. The number of hydrogen-bond donors (Lipinski definition) is 0. The second-order valence-electron chi connectivity index (χ2n) is 5.27. The van der Waals surface area contributed by atoms with E-state index in [0.29, 0.717) is 30.1 Å². The summed E-state index contributed by atoms with van der Waals surface area (Å²) in [5.74, 6) is 0.209. The Morgan fingerprint density at radius 3 is 2.27 bits per heavy atom. The van der Waals surface area contributed by atoms with Crippen LogP contribution in [0.5, 0.6) is 11.5 Å². The molecule has 2 aromatic rings. The van der Waals surface area contributed by atoms with Crippen molar-refractivity contribution in [1.82, 2.24) is 0 Å². The molecule has 0 atom stereocenters. The molecule has 0 aromatic heterocycles. The first-order chi connectivity index (χ1) is 12.6. The molecule has 2 rings (SSSR count). The molecule has 2 aromatic carbocycles. The van der Waals surface area contributed by atoms with Crippen LogP contribution in [0.3, 0.4) is 0 Å². The number of carbonyl (C=O) groups is 2. The summed E-state index contributed by atoms with van der Waals surface area (Å²) < 4.78 is 15.3. The summed E-state index contributed by atoms with van der Waals surface area (Å²) in [5, 5.41) is 0. The molecule has 0 aliphatic heterocycles. The molecule has 0 fully saturated rings. The molecule has 134 valence electrons. The maximum absolute atomic E-state index is 12.1. The third kappa shape index (κ3) is 5.94. The van der Waals surface area contributed by atoms with E-state index in [-0.39, 0.29) is 0 Å². The van der Waals surface area contributed by atoms with Crippen LogP contribution in [0.1, 0.15) is 22.3 Å². The van der Waals surface area contributed by atoms with Crippen molar-refractivity contribution in [1.29, 1.82) is 0 Å². The summed E-state index contributed by atoms with van der Waals surface area (Å²) in [7, 11) is 1.56. The lowest BCUT2D eigenvalue weighted by atomic mass is 10.2. The highest BCUT2D eigenvalue weighted by atomic mass is 16.5. The monoisotopic (exact) mass is 352 g/mol. The van der Waals surface area contributed by atoms with Gasteiger partial charge in [0.1, 0.15) is 11.5 Å². The summed E-state index contributed by atoms with van der Waals surface area (Å²) in [5.41, 5.74) is 1.21. The van der Waals surface area contributed by atoms with E-state index in [1.165, 1.54) is 6.08 Å². The van der Waals surface area contributed by atoms with Crippen molar-refractivity contribution in [2.24, 2.45) is 0 Å². The van der Waals surface area contributed by atoms with Crippen LogP contribution < -0.4 is 9.47 Å². The highest BCUT2D eigenvalue weighted by Gasteiger charge is 2.08. The molecule has 0 radical (unpaired) electrons. The fraction of sp³-hybridized carbons (Fsp3) is 0.143. The van der Waals surface area contributed by atoms with Gasteiger partial charge in [0.05, 0.1) is 19.3 Å². The van der Waals surface area contributed by atoms with Gasteiger partial charge < -0.3 is 14.2 Å². The molecule has 0 aliphatic carbocycles. The summed E-state index contributed by atoms with van der Waals surface area (Å²) in [6, 6.07) is 13.5. The molecule has 0 heterocycles. The Hall–Kier alpha value is -3.34. The number of rotatable bonds is 8. The van der Waals surface area contributed by atoms with Gasteiger partial charge in [0.15, 0.2) is 0 Å². The minimum absolute atomic E-state index is 0.312. The number of ether oxygens (including phenoxy) is 3. The lowest BCUT2D eigenvalue weighted by Crippen LogP contribution is -2.08. The zero-order valence-corrected chi connectivity index (χ0v) is 14.5. The number of carbonyl (C=O) groups excluding carboxylic acids is 2. The zero-order chi connectivity index (χ0) is 18.8. The molecule has 0 amide bonds. The van der Waals surface area contributed by atoms with Gasteiger partial charge in [-0.3, -0.25) is 0 Å². The molecule has 0 saturated heterocycles. The second-order valence-corrected chi connectivity index (χ2v) is 5.27. The van der Waals surface area contributed by atoms with Crippen LogP contribution in [0.15, 0.2) is 67.3 Å². The molecular weight excluding hydrogens is 332 g/mol. The summed E-state index contributed by atoms with van der Waals surface area (Å²) in [6.07, 6.45) is 5.28. The SMILES string of the molecule is C=CCCOC(=O)C=Cc1ccc(OC(=O)c2ccc(OC)cc2)cc1. The average molecular weight is 352 g/mol. The van der Waals surface area contributed by atoms with E-state index < -0.39 is 11.9 Å². The molecule has 0 saturated carbocycles. The molecule has 5 heteroatoms. The van der Waals surface area contributed by atoms with Gasteiger partial charge in [-0.2, -0.15) is 0 Å². The van der Waals surface area contributed by atoms with Crippen LogP contribution in [-0.2, 0) is 9.53 Å². The molecule has 0 unspecified atom stereocenters. The van der Waals surface area contributed by atoms with Crippen molar-refractivity contribution in [3.05, 3.63) is 78.4 Å². The Labute approximate surface area is 152 Å². The fourth-order valence-corrected chi connectivity index (χ4v) is 2.00. The van der Waals surface area contributed by atoms with Crippen LogP contribution in [-0.4, -0.2) is 25.7 Å². The van der Waals surface area contributed by atoms with E-state index in [0.717, 1.165) is 5.56 Å². The summed E-state index contributed by atoms with van der Waals surface area (Å²) >= 11 is 0. The standard InChI is InChI=1S/C21H20O5/c1-3-4-15-25-20(22)14-7-16-5-10-19(11-6-16)26-21(23)17-8-12-18(24-2)13-9-17/h3,5-14H,1,4,15H2,2H3. The van der Waals surface area contributed by atoms with E-state index in [1.54, 1.807) is 67.8 Å².